The van der Waals surface area contributed by atoms with Gasteiger partial charge >= 0.3 is 0 Å². The largest absolute Gasteiger partial charge is 0.310 e. The third-order valence-electron chi connectivity index (χ3n) is 2.49. The highest BCUT2D eigenvalue weighted by atomic mass is 79.9. The van der Waals surface area contributed by atoms with E-state index >= 15 is 0 Å². The van der Waals surface area contributed by atoms with Crippen LogP contribution in [-0.4, -0.2) is 11.0 Å². The minimum atomic E-state index is 0.756. The third kappa shape index (κ3) is 2.51. The number of nitrogens with one attached hydrogen (secondary N) is 1. The molecule has 2 nitrogen and oxygen atoms in total. The van der Waals surface area contributed by atoms with Crippen LogP contribution in [0.1, 0.15) is 24.8 Å². The van der Waals surface area contributed by atoms with E-state index in [2.05, 4.69) is 38.4 Å². The van der Waals surface area contributed by atoms with Crippen molar-refractivity contribution in [3.8, 4) is 0 Å². The summed E-state index contributed by atoms with van der Waals surface area (Å²) in [6.07, 6.45) is 5.90. The van der Waals surface area contributed by atoms with Gasteiger partial charge in [-0.05, 0) is 46.5 Å². The maximum atomic E-state index is 4.09. The van der Waals surface area contributed by atoms with Gasteiger partial charge in [0.05, 0.1) is 0 Å². The molecule has 0 unspecified atom stereocenters. The Balaban J connectivity index is 1.86. The Hall–Kier alpha value is -0.410. The Morgan fingerprint density at radius 1 is 1.54 bits per heavy atom. The van der Waals surface area contributed by atoms with Crippen LogP contribution in [0.4, 0.5) is 0 Å². The first-order chi connectivity index (χ1) is 6.34. The molecule has 0 atom stereocenters. The molecule has 0 spiro atoms. The fourth-order valence-corrected chi connectivity index (χ4v) is 1.84. The summed E-state index contributed by atoms with van der Waals surface area (Å²) < 4.78 is 0.917. The number of rotatable bonds is 3. The van der Waals surface area contributed by atoms with Crippen molar-refractivity contribution in [2.24, 2.45) is 0 Å². The van der Waals surface area contributed by atoms with Gasteiger partial charge in [-0.3, -0.25) is 0 Å². The molecule has 0 radical (unpaired) electrons. The van der Waals surface area contributed by atoms with E-state index in [4.69, 9.17) is 0 Å². The first-order valence-corrected chi connectivity index (χ1v) is 5.48. The highest BCUT2D eigenvalue weighted by Gasteiger charge is 2.15. The molecule has 0 aromatic carbocycles. The van der Waals surface area contributed by atoms with E-state index in [1.807, 2.05) is 6.20 Å². The van der Waals surface area contributed by atoms with E-state index in [0.717, 1.165) is 17.2 Å². The molecule has 1 aromatic rings. The summed E-state index contributed by atoms with van der Waals surface area (Å²) in [5.41, 5.74) is 1.30. The first kappa shape index (κ1) is 9.16. The van der Waals surface area contributed by atoms with Crippen LogP contribution in [0, 0.1) is 0 Å². The Morgan fingerprint density at radius 3 is 3.00 bits per heavy atom. The monoisotopic (exact) mass is 240 g/mol. The van der Waals surface area contributed by atoms with Crippen LogP contribution in [0.5, 0.6) is 0 Å². The van der Waals surface area contributed by atoms with E-state index in [-0.39, 0.29) is 0 Å². The second kappa shape index (κ2) is 4.20. The normalized spacial score (nSPS) is 17.0. The maximum Gasteiger partial charge on any atom is 0.106 e. The third-order valence-corrected chi connectivity index (χ3v) is 2.92. The van der Waals surface area contributed by atoms with Gasteiger partial charge in [-0.2, -0.15) is 0 Å². The predicted octanol–water partition coefficient (Wildman–Crippen LogP) is 2.49. The molecule has 3 heteroatoms. The molecular weight excluding hydrogens is 228 g/mol. The number of hydrogen-bond acceptors (Lipinski definition) is 2. The van der Waals surface area contributed by atoms with Crippen LogP contribution in [-0.2, 0) is 6.54 Å². The smallest absolute Gasteiger partial charge is 0.106 e. The van der Waals surface area contributed by atoms with Gasteiger partial charge in [0.1, 0.15) is 4.60 Å². The van der Waals surface area contributed by atoms with Crippen LogP contribution in [0.2, 0.25) is 0 Å². The molecular formula is C10H13BrN2. The van der Waals surface area contributed by atoms with Gasteiger partial charge < -0.3 is 5.32 Å². The summed E-state index contributed by atoms with van der Waals surface area (Å²) in [6, 6.07) is 4.87. The minimum Gasteiger partial charge on any atom is -0.310 e. The number of halogens is 1. The van der Waals surface area contributed by atoms with E-state index < -0.39 is 0 Å². The van der Waals surface area contributed by atoms with Crippen molar-refractivity contribution in [3.63, 3.8) is 0 Å². The van der Waals surface area contributed by atoms with Crippen LogP contribution >= 0.6 is 15.9 Å². The fraction of sp³-hybridized carbons (Fsp3) is 0.500. The molecule has 1 aromatic heterocycles. The number of nitrogens with zero attached hydrogens (tertiary/aromatic N) is 1. The van der Waals surface area contributed by atoms with Crippen LogP contribution in [0.15, 0.2) is 22.9 Å². The number of pyridine rings is 1. The highest BCUT2D eigenvalue weighted by Crippen LogP contribution is 2.18. The molecule has 1 fully saturated rings. The zero-order chi connectivity index (χ0) is 9.10. The van der Waals surface area contributed by atoms with E-state index in [0.29, 0.717) is 0 Å². The van der Waals surface area contributed by atoms with Crippen molar-refractivity contribution in [1.29, 1.82) is 0 Å². The van der Waals surface area contributed by atoms with Gasteiger partial charge in [-0.25, -0.2) is 4.98 Å². The van der Waals surface area contributed by atoms with Crippen molar-refractivity contribution in [2.75, 3.05) is 0 Å². The Kier molecular flexibility index (Phi) is 2.96. The molecule has 2 rings (SSSR count). The molecule has 1 N–H and O–H groups in total. The fourth-order valence-electron chi connectivity index (χ4n) is 1.43. The second-order valence-electron chi connectivity index (χ2n) is 3.50. The minimum absolute atomic E-state index is 0.756. The van der Waals surface area contributed by atoms with Crippen molar-refractivity contribution in [2.45, 2.75) is 31.8 Å². The zero-order valence-electron chi connectivity index (χ0n) is 7.46. The molecule has 1 aliphatic carbocycles. The van der Waals surface area contributed by atoms with Crippen molar-refractivity contribution in [1.82, 2.24) is 10.3 Å². The molecule has 70 valence electrons. The zero-order valence-corrected chi connectivity index (χ0v) is 9.05. The van der Waals surface area contributed by atoms with Crippen LogP contribution in [0.3, 0.4) is 0 Å². The molecule has 1 aliphatic rings. The van der Waals surface area contributed by atoms with Gasteiger partial charge in [0.25, 0.3) is 0 Å². The average Bonchev–Trinajstić information content (AvgIpc) is 2.01. The molecule has 13 heavy (non-hydrogen) atoms. The number of hydrogen-bond donors (Lipinski definition) is 1. The lowest BCUT2D eigenvalue weighted by molar-refractivity contribution is 0.338. The second-order valence-corrected chi connectivity index (χ2v) is 4.31. The topological polar surface area (TPSA) is 24.9 Å². The molecule has 0 bridgehead atoms. The first-order valence-electron chi connectivity index (χ1n) is 4.68. The molecule has 0 aliphatic heterocycles. The lowest BCUT2D eigenvalue weighted by Gasteiger charge is -2.26. The van der Waals surface area contributed by atoms with E-state index in [9.17, 15) is 0 Å². The van der Waals surface area contributed by atoms with Gasteiger partial charge in [0, 0.05) is 18.8 Å². The van der Waals surface area contributed by atoms with E-state index in [1.54, 1.807) is 0 Å². The lowest BCUT2D eigenvalue weighted by Crippen LogP contribution is -2.34. The summed E-state index contributed by atoms with van der Waals surface area (Å²) >= 11 is 3.36. The standard InChI is InChI=1S/C10H13BrN2/c11-10-6-8(4-5-12-10)7-13-9-2-1-3-9/h4-6,9,13H,1-3,7H2. The lowest BCUT2D eigenvalue weighted by atomic mass is 9.93. The number of aromatic nitrogens is 1. The quantitative estimate of drug-likeness (QED) is 0.822. The highest BCUT2D eigenvalue weighted by molar-refractivity contribution is 9.10. The molecule has 0 saturated heterocycles. The summed E-state index contributed by atoms with van der Waals surface area (Å²) in [6.45, 7) is 0.964. The SMILES string of the molecule is Brc1cc(CNC2CCC2)ccn1. The molecule has 1 heterocycles. The van der Waals surface area contributed by atoms with Gasteiger partial charge in [-0.1, -0.05) is 6.42 Å². The molecule has 0 amide bonds. The van der Waals surface area contributed by atoms with Gasteiger partial charge in [0.15, 0.2) is 0 Å². The Labute approximate surface area is 86.9 Å². The van der Waals surface area contributed by atoms with Crippen molar-refractivity contribution >= 4 is 15.9 Å². The van der Waals surface area contributed by atoms with Crippen LogP contribution in [0.25, 0.3) is 0 Å². The average molecular weight is 241 g/mol. The Bertz CT molecular complexity index is 284. The van der Waals surface area contributed by atoms with Crippen LogP contribution < -0.4 is 5.32 Å². The van der Waals surface area contributed by atoms with Crippen molar-refractivity contribution in [3.05, 3.63) is 28.5 Å². The summed E-state index contributed by atoms with van der Waals surface area (Å²) in [5, 5.41) is 3.51. The van der Waals surface area contributed by atoms with Gasteiger partial charge in [-0.15, -0.1) is 0 Å². The summed E-state index contributed by atoms with van der Waals surface area (Å²) in [5.74, 6) is 0. The predicted molar refractivity (Wildman–Crippen MR) is 56.4 cm³/mol. The maximum absolute atomic E-state index is 4.09. The molecule has 1 saturated carbocycles. The van der Waals surface area contributed by atoms with E-state index in [1.165, 1.54) is 24.8 Å². The Morgan fingerprint density at radius 2 is 2.38 bits per heavy atom. The van der Waals surface area contributed by atoms with Crippen molar-refractivity contribution < 1.29 is 0 Å². The summed E-state index contributed by atoms with van der Waals surface area (Å²) in [4.78, 5) is 4.09. The van der Waals surface area contributed by atoms with Gasteiger partial charge in [0.2, 0.25) is 0 Å². The summed E-state index contributed by atoms with van der Waals surface area (Å²) in [7, 11) is 0.